The van der Waals surface area contributed by atoms with Crippen molar-refractivity contribution in [3.63, 3.8) is 0 Å². The van der Waals surface area contributed by atoms with Gasteiger partial charge >= 0.3 is 5.97 Å². The van der Waals surface area contributed by atoms with E-state index < -0.39 is 5.97 Å². The molecule has 0 spiro atoms. The number of carbonyl (C=O) groups is 1. The molecule has 0 saturated heterocycles. The first kappa shape index (κ1) is 13.5. The van der Waals surface area contributed by atoms with Crippen molar-refractivity contribution >= 4 is 5.97 Å². The molecule has 3 atom stereocenters. The van der Waals surface area contributed by atoms with Gasteiger partial charge in [-0.25, -0.2) is 0 Å². The van der Waals surface area contributed by atoms with Crippen molar-refractivity contribution in [1.29, 1.82) is 0 Å². The van der Waals surface area contributed by atoms with Gasteiger partial charge in [0.15, 0.2) is 0 Å². The van der Waals surface area contributed by atoms with Crippen LogP contribution in [0.3, 0.4) is 0 Å². The fourth-order valence-corrected chi connectivity index (χ4v) is 2.10. The molecule has 0 aromatic carbocycles. The molecule has 2 nitrogen and oxygen atoms in total. The first-order chi connectivity index (χ1) is 6.47. The molecule has 0 aromatic heterocycles. The lowest BCUT2D eigenvalue weighted by molar-refractivity contribution is -0.141. The summed E-state index contributed by atoms with van der Waals surface area (Å²) in [6.45, 7) is 8.40. The van der Waals surface area contributed by atoms with Gasteiger partial charge in [0.05, 0.1) is 5.92 Å². The normalized spacial score (nSPS) is 17.4. The highest BCUT2D eigenvalue weighted by atomic mass is 16.4. The summed E-state index contributed by atoms with van der Waals surface area (Å²) in [5, 5.41) is 8.77. The molecule has 2 heteroatoms. The minimum atomic E-state index is -0.667. The molecule has 84 valence electrons. The smallest absolute Gasteiger partial charge is 0.306 e. The van der Waals surface area contributed by atoms with Crippen LogP contribution in [-0.4, -0.2) is 11.1 Å². The molecule has 0 saturated carbocycles. The van der Waals surface area contributed by atoms with Crippen LogP contribution in [0, 0.1) is 17.8 Å². The third-order valence-corrected chi connectivity index (χ3v) is 2.76. The first-order valence-electron chi connectivity index (χ1n) is 5.70. The Morgan fingerprint density at radius 2 is 1.71 bits per heavy atom. The number of aliphatic carboxylic acids is 1. The predicted octanol–water partition coefficient (Wildman–Crippen LogP) is 3.56. The molecule has 0 fully saturated rings. The quantitative estimate of drug-likeness (QED) is 0.682. The summed E-state index contributed by atoms with van der Waals surface area (Å²) >= 11 is 0. The predicted molar refractivity (Wildman–Crippen MR) is 59.3 cm³/mol. The molecule has 1 N–H and O–H groups in total. The molecule has 0 rings (SSSR count). The topological polar surface area (TPSA) is 37.3 Å². The maximum Gasteiger partial charge on any atom is 0.306 e. The van der Waals surface area contributed by atoms with E-state index in [1.807, 2.05) is 0 Å². The maximum atomic E-state index is 10.6. The second-order valence-electron chi connectivity index (χ2n) is 4.71. The largest absolute Gasteiger partial charge is 0.481 e. The molecule has 0 aliphatic carbocycles. The summed E-state index contributed by atoms with van der Waals surface area (Å²) in [4.78, 5) is 10.6. The van der Waals surface area contributed by atoms with Crippen molar-refractivity contribution < 1.29 is 9.90 Å². The van der Waals surface area contributed by atoms with Crippen molar-refractivity contribution in [2.45, 2.75) is 53.4 Å². The highest BCUT2D eigenvalue weighted by Crippen LogP contribution is 2.22. The van der Waals surface area contributed by atoms with E-state index in [0.29, 0.717) is 5.92 Å². The summed E-state index contributed by atoms with van der Waals surface area (Å²) in [6, 6.07) is 0. The third-order valence-electron chi connectivity index (χ3n) is 2.76. The number of carboxylic acid groups (broad SMARTS) is 1. The molecule has 0 amide bonds. The van der Waals surface area contributed by atoms with E-state index in [1.165, 1.54) is 12.8 Å². The molecular weight excluding hydrogens is 176 g/mol. The van der Waals surface area contributed by atoms with Gasteiger partial charge in [-0.1, -0.05) is 40.5 Å². The van der Waals surface area contributed by atoms with E-state index in [0.717, 1.165) is 18.8 Å². The average molecular weight is 200 g/mol. The zero-order valence-electron chi connectivity index (χ0n) is 9.92. The van der Waals surface area contributed by atoms with Gasteiger partial charge in [-0.05, 0) is 24.7 Å². The molecule has 0 bridgehead atoms. The molecule has 0 aliphatic rings. The van der Waals surface area contributed by atoms with Crippen LogP contribution in [0.1, 0.15) is 53.4 Å². The zero-order valence-corrected chi connectivity index (χ0v) is 9.92. The van der Waals surface area contributed by atoms with Gasteiger partial charge in [-0.3, -0.25) is 4.79 Å². The average Bonchev–Trinajstić information content (AvgIpc) is 2.03. The Morgan fingerprint density at radius 3 is 2.14 bits per heavy atom. The van der Waals surface area contributed by atoms with E-state index in [-0.39, 0.29) is 5.92 Å². The van der Waals surface area contributed by atoms with Crippen molar-refractivity contribution in [3.05, 3.63) is 0 Å². The van der Waals surface area contributed by atoms with Gasteiger partial charge in [0.2, 0.25) is 0 Å². The SMILES string of the molecule is CCC[C@H](C)C[C@H](C)C[C@@H](C)C(=O)O. The number of hydrogen-bond donors (Lipinski definition) is 1. The van der Waals surface area contributed by atoms with Crippen LogP contribution in [-0.2, 0) is 4.79 Å². The van der Waals surface area contributed by atoms with Crippen LogP contribution in [0.15, 0.2) is 0 Å². The Balaban J connectivity index is 3.74. The minimum absolute atomic E-state index is 0.196. The van der Waals surface area contributed by atoms with E-state index in [4.69, 9.17) is 5.11 Å². The van der Waals surface area contributed by atoms with Crippen LogP contribution in [0.25, 0.3) is 0 Å². The second-order valence-corrected chi connectivity index (χ2v) is 4.71. The lowest BCUT2D eigenvalue weighted by Crippen LogP contribution is -2.14. The van der Waals surface area contributed by atoms with Gasteiger partial charge < -0.3 is 5.11 Å². The molecule has 0 aromatic rings. The first-order valence-corrected chi connectivity index (χ1v) is 5.70. The summed E-state index contributed by atoms with van der Waals surface area (Å²) in [5.74, 6) is 0.400. The van der Waals surface area contributed by atoms with Crippen LogP contribution < -0.4 is 0 Å². The van der Waals surface area contributed by atoms with Gasteiger partial charge in [0.25, 0.3) is 0 Å². The Labute approximate surface area is 87.7 Å². The van der Waals surface area contributed by atoms with Gasteiger partial charge in [0, 0.05) is 0 Å². The van der Waals surface area contributed by atoms with E-state index in [9.17, 15) is 4.79 Å². The Morgan fingerprint density at radius 1 is 1.14 bits per heavy atom. The highest BCUT2D eigenvalue weighted by Gasteiger charge is 2.16. The summed E-state index contributed by atoms with van der Waals surface area (Å²) in [6.07, 6.45) is 4.45. The molecule has 14 heavy (non-hydrogen) atoms. The van der Waals surface area contributed by atoms with Gasteiger partial charge in [-0.15, -0.1) is 0 Å². The van der Waals surface area contributed by atoms with Gasteiger partial charge in [-0.2, -0.15) is 0 Å². The van der Waals surface area contributed by atoms with Crippen LogP contribution in [0.5, 0.6) is 0 Å². The van der Waals surface area contributed by atoms with Crippen LogP contribution in [0.2, 0.25) is 0 Å². The fourth-order valence-electron chi connectivity index (χ4n) is 2.10. The van der Waals surface area contributed by atoms with Crippen molar-refractivity contribution in [1.82, 2.24) is 0 Å². The Hall–Kier alpha value is -0.530. The maximum absolute atomic E-state index is 10.6. The van der Waals surface area contributed by atoms with E-state index in [2.05, 4.69) is 20.8 Å². The second kappa shape index (κ2) is 6.86. The number of rotatable bonds is 7. The molecule has 0 unspecified atom stereocenters. The molecule has 0 heterocycles. The summed E-state index contributed by atoms with van der Waals surface area (Å²) in [5.41, 5.74) is 0. The van der Waals surface area contributed by atoms with Crippen LogP contribution >= 0.6 is 0 Å². The minimum Gasteiger partial charge on any atom is -0.481 e. The lowest BCUT2D eigenvalue weighted by Gasteiger charge is -2.18. The molecular formula is C12H24O2. The standard InChI is InChI=1S/C12H24O2/c1-5-6-9(2)7-10(3)8-11(4)12(13)14/h9-11H,5-8H2,1-4H3,(H,13,14)/t9-,10-,11+/m0/s1. The molecule has 0 radical (unpaired) electrons. The van der Waals surface area contributed by atoms with Crippen molar-refractivity contribution in [2.75, 3.05) is 0 Å². The monoisotopic (exact) mass is 200 g/mol. The fraction of sp³-hybridized carbons (Fsp3) is 0.917. The van der Waals surface area contributed by atoms with Crippen molar-refractivity contribution in [3.8, 4) is 0 Å². The van der Waals surface area contributed by atoms with Crippen molar-refractivity contribution in [2.24, 2.45) is 17.8 Å². The number of hydrogen-bond acceptors (Lipinski definition) is 1. The number of carboxylic acids is 1. The third kappa shape index (κ3) is 6.01. The van der Waals surface area contributed by atoms with E-state index in [1.54, 1.807) is 6.92 Å². The van der Waals surface area contributed by atoms with Crippen LogP contribution in [0.4, 0.5) is 0 Å². The van der Waals surface area contributed by atoms with Gasteiger partial charge in [0.1, 0.15) is 0 Å². The molecule has 0 aliphatic heterocycles. The highest BCUT2D eigenvalue weighted by molar-refractivity contribution is 5.69. The lowest BCUT2D eigenvalue weighted by atomic mass is 9.88. The zero-order chi connectivity index (χ0) is 11.1. The summed E-state index contributed by atoms with van der Waals surface area (Å²) < 4.78 is 0. The van der Waals surface area contributed by atoms with E-state index >= 15 is 0 Å². The Bertz CT molecular complexity index is 166. The Kier molecular flexibility index (Phi) is 6.60. The summed E-state index contributed by atoms with van der Waals surface area (Å²) in [7, 11) is 0.